The van der Waals surface area contributed by atoms with Crippen molar-refractivity contribution in [3.05, 3.63) is 39.0 Å². The minimum atomic E-state index is -0.437. The van der Waals surface area contributed by atoms with Crippen molar-refractivity contribution in [2.45, 2.75) is 19.4 Å². The molecular weight excluding hydrogens is 324 g/mol. The largest absolute Gasteiger partial charge is 0.377 e. The third kappa shape index (κ3) is 3.05. The van der Waals surface area contributed by atoms with Crippen molar-refractivity contribution in [2.75, 3.05) is 11.9 Å². The fourth-order valence-electron chi connectivity index (χ4n) is 1.86. The molecule has 3 N–H and O–H groups in total. The number of benzene rings is 1. The molecule has 1 aromatic heterocycles. The van der Waals surface area contributed by atoms with E-state index in [-0.39, 0.29) is 11.7 Å². The van der Waals surface area contributed by atoms with Crippen LogP contribution >= 0.6 is 15.9 Å². The predicted octanol–water partition coefficient (Wildman–Crippen LogP) is 3.05. The number of rotatable bonds is 5. The quantitative estimate of drug-likeness (QED) is 0.645. The monoisotopic (exact) mass is 338 g/mol. The predicted molar refractivity (Wildman–Crippen MR) is 82.9 cm³/mol. The number of aromatic nitrogens is 1. The molecule has 0 aliphatic heterocycles. The number of nitrogens with zero attached hydrogens (tertiary/aromatic N) is 2. The number of nitrogens with one attached hydrogen (secondary N) is 1. The number of pyridine rings is 1. The zero-order chi connectivity index (χ0) is 14.7. The Morgan fingerprint density at radius 2 is 2.30 bits per heavy atom. The molecule has 2 aromatic rings. The molecule has 0 amide bonds. The summed E-state index contributed by atoms with van der Waals surface area (Å²) in [6, 6.07) is 5.43. The second-order valence-corrected chi connectivity index (χ2v) is 5.40. The smallest absolute Gasteiger partial charge is 0.311 e. The van der Waals surface area contributed by atoms with E-state index in [0.717, 1.165) is 10.9 Å². The highest BCUT2D eigenvalue weighted by Crippen LogP contribution is 2.33. The summed E-state index contributed by atoms with van der Waals surface area (Å²) >= 11 is 3.37. The van der Waals surface area contributed by atoms with Gasteiger partial charge in [-0.3, -0.25) is 10.1 Å². The van der Waals surface area contributed by atoms with Crippen LogP contribution in [0.5, 0.6) is 0 Å². The summed E-state index contributed by atoms with van der Waals surface area (Å²) in [5, 5.41) is 14.9. The van der Waals surface area contributed by atoms with E-state index in [2.05, 4.69) is 26.2 Å². The van der Waals surface area contributed by atoms with Crippen molar-refractivity contribution in [3.63, 3.8) is 0 Å². The van der Waals surface area contributed by atoms with Crippen LogP contribution in [0.15, 0.2) is 28.9 Å². The van der Waals surface area contributed by atoms with Gasteiger partial charge >= 0.3 is 5.69 Å². The lowest BCUT2D eigenvalue weighted by molar-refractivity contribution is -0.384. The first-order valence-corrected chi connectivity index (χ1v) is 7.04. The highest BCUT2D eigenvalue weighted by molar-refractivity contribution is 9.10. The minimum Gasteiger partial charge on any atom is -0.377 e. The molecule has 1 aromatic carbocycles. The van der Waals surface area contributed by atoms with Crippen molar-refractivity contribution in [1.29, 1.82) is 0 Å². The highest BCUT2D eigenvalue weighted by atomic mass is 79.9. The molecule has 0 fully saturated rings. The molecule has 7 heteroatoms. The van der Waals surface area contributed by atoms with Crippen LogP contribution in [0.2, 0.25) is 0 Å². The van der Waals surface area contributed by atoms with Crippen LogP contribution in [0.4, 0.5) is 11.4 Å². The van der Waals surface area contributed by atoms with Gasteiger partial charge in [0, 0.05) is 22.4 Å². The minimum absolute atomic E-state index is 0.0427. The van der Waals surface area contributed by atoms with Gasteiger partial charge in [-0.1, -0.05) is 22.9 Å². The Kier molecular flexibility index (Phi) is 4.51. The Hall–Kier alpha value is -1.73. The Bertz CT molecular complexity index is 648. The van der Waals surface area contributed by atoms with Crippen molar-refractivity contribution < 1.29 is 4.92 Å². The normalized spacial score (nSPS) is 12.3. The maximum Gasteiger partial charge on any atom is 0.311 e. The van der Waals surface area contributed by atoms with Gasteiger partial charge in [-0.2, -0.15) is 0 Å². The second kappa shape index (κ2) is 6.15. The van der Waals surface area contributed by atoms with E-state index in [9.17, 15) is 10.1 Å². The van der Waals surface area contributed by atoms with Gasteiger partial charge in [0.05, 0.1) is 10.4 Å². The number of fused-ring (bicyclic) bond motifs is 1. The molecule has 0 aliphatic rings. The van der Waals surface area contributed by atoms with E-state index in [4.69, 9.17) is 5.73 Å². The van der Waals surface area contributed by atoms with Crippen LogP contribution in [0.3, 0.4) is 0 Å². The van der Waals surface area contributed by atoms with Gasteiger partial charge in [-0.05, 0) is 24.6 Å². The maximum absolute atomic E-state index is 11.1. The van der Waals surface area contributed by atoms with Gasteiger partial charge in [0.15, 0.2) is 0 Å². The number of nitro groups is 1. The molecule has 1 unspecified atom stereocenters. The number of nitrogens with two attached hydrogens (primary N) is 1. The first kappa shape index (κ1) is 14.7. The standard InChI is InChI=1S/C13H15BrN4O2/c1-2-9(15)6-17-13-10-5-8(14)3-4-11(10)16-7-12(13)18(19)20/h3-5,7,9H,2,6,15H2,1H3,(H,16,17). The summed E-state index contributed by atoms with van der Waals surface area (Å²) in [7, 11) is 0. The summed E-state index contributed by atoms with van der Waals surface area (Å²) in [5.74, 6) is 0. The average Bonchev–Trinajstić information content (AvgIpc) is 2.43. The summed E-state index contributed by atoms with van der Waals surface area (Å²) in [6.07, 6.45) is 2.07. The topological polar surface area (TPSA) is 94.1 Å². The Morgan fingerprint density at radius 3 is 2.95 bits per heavy atom. The molecular formula is C13H15BrN4O2. The highest BCUT2D eigenvalue weighted by Gasteiger charge is 2.18. The Balaban J connectivity index is 2.52. The van der Waals surface area contributed by atoms with Gasteiger partial charge < -0.3 is 11.1 Å². The molecule has 0 spiro atoms. The number of anilines is 1. The second-order valence-electron chi connectivity index (χ2n) is 4.49. The van der Waals surface area contributed by atoms with E-state index in [1.54, 1.807) is 0 Å². The Morgan fingerprint density at radius 1 is 1.55 bits per heavy atom. The molecule has 0 aliphatic carbocycles. The van der Waals surface area contributed by atoms with Crippen molar-refractivity contribution in [1.82, 2.24) is 4.98 Å². The summed E-state index contributed by atoms with van der Waals surface area (Å²) in [6.45, 7) is 2.45. The molecule has 1 atom stereocenters. The van der Waals surface area contributed by atoms with Crippen molar-refractivity contribution >= 4 is 38.2 Å². The van der Waals surface area contributed by atoms with E-state index in [1.807, 2.05) is 25.1 Å². The zero-order valence-corrected chi connectivity index (χ0v) is 12.6. The third-order valence-corrected chi connectivity index (χ3v) is 3.57. The first-order chi connectivity index (χ1) is 9.52. The summed E-state index contributed by atoms with van der Waals surface area (Å²) in [4.78, 5) is 14.8. The molecule has 6 nitrogen and oxygen atoms in total. The van der Waals surface area contributed by atoms with Crippen LogP contribution < -0.4 is 11.1 Å². The molecule has 20 heavy (non-hydrogen) atoms. The van der Waals surface area contributed by atoms with Gasteiger partial charge in [0.2, 0.25) is 0 Å². The van der Waals surface area contributed by atoms with Crippen LogP contribution in [-0.4, -0.2) is 22.5 Å². The lowest BCUT2D eigenvalue weighted by Crippen LogP contribution is -2.28. The van der Waals surface area contributed by atoms with E-state index in [1.165, 1.54) is 6.20 Å². The lowest BCUT2D eigenvalue weighted by Gasteiger charge is -2.13. The summed E-state index contributed by atoms with van der Waals surface area (Å²) in [5.41, 5.74) is 6.98. The van der Waals surface area contributed by atoms with Crippen LogP contribution in [0.1, 0.15) is 13.3 Å². The molecule has 0 radical (unpaired) electrons. The Labute approximate surface area is 124 Å². The number of halogens is 1. The first-order valence-electron chi connectivity index (χ1n) is 6.25. The van der Waals surface area contributed by atoms with E-state index < -0.39 is 4.92 Å². The van der Waals surface area contributed by atoms with Gasteiger partial charge in [0.25, 0.3) is 0 Å². The molecule has 106 valence electrons. The third-order valence-electron chi connectivity index (χ3n) is 3.07. The molecule has 0 bridgehead atoms. The molecule has 0 saturated heterocycles. The molecule has 1 heterocycles. The van der Waals surface area contributed by atoms with Crippen molar-refractivity contribution in [3.8, 4) is 0 Å². The fourth-order valence-corrected chi connectivity index (χ4v) is 2.22. The van der Waals surface area contributed by atoms with Crippen LogP contribution in [0.25, 0.3) is 10.9 Å². The molecule has 2 rings (SSSR count). The number of hydrogen-bond acceptors (Lipinski definition) is 5. The van der Waals surface area contributed by atoms with Crippen LogP contribution in [-0.2, 0) is 0 Å². The van der Waals surface area contributed by atoms with Gasteiger partial charge in [-0.25, -0.2) is 4.98 Å². The zero-order valence-electron chi connectivity index (χ0n) is 11.0. The summed E-state index contributed by atoms with van der Waals surface area (Å²) < 4.78 is 0.843. The number of hydrogen-bond donors (Lipinski definition) is 2. The van der Waals surface area contributed by atoms with Crippen molar-refractivity contribution in [2.24, 2.45) is 5.73 Å². The van der Waals surface area contributed by atoms with Gasteiger partial charge in [-0.15, -0.1) is 0 Å². The SMILES string of the molecule is CCC(N)CNc1c([N+](=O)[O-])cnc2ccc(Br)cc12. The lowest BCUT2D eigenvalue weighted by atomic mass is 10.1. The fraction of sp³-hybridized carbons (Fsp3) is 0.308. The maximum atomic E-state index is 11.1. The van der Waals surface area contributed by atoms with Crippen LogP contribution in [0, 0.1) is 10.1 Å². The molecule has 0 saturated carbocycles. The van der Waals surface area contributed by atoms with E-state index in [0.29, 0.717) is 23.1 Å². The van der Waals surface area contributed by atoms with E-state index >= 15 is 0 Å². The van der Waals surface area contributed by atoms with Gasteiger partial charge in [0.1, 0.15) is 11.9 Å². The average molecular weight is 339 g/mol.